The minimum atomic E-state index is -0.503. The molecule has 0 bridgehead atoms. The lowest BCUT2D eigenvalue weighted by Gasteiger charge is -2.19. The molecular weight excluding hydrogens is 522 g/mol. The summed E-state index contributed by atoms with van der Waals surface area (Å²) in [6, 6.07) is 24.7. The Hall–Kier alpha value is -4.69. The van der Waals surface area contributed by atoms with Crippen LogP contribution in [0.2, 0.25) is 0 Å². The van der Waals surface area contributed by atoms with Crippen LogP contribution in [-0.4, -0.2) is 24.8 Å². The summed E-state index contributed by atoms with van der Waals surface area (Å²) in [5.74, 6) is -0.567. The van der Waals surface area contributed by atoms with Crippen LogP contribution in [0.4, 0.5) is 11.4 Å². The molecule has 3 aromatic carbocycles. The maximum atomic E-state index is 13.3. The number of carbonyl (C=O) groups excluding carboxylic acids is 3. The molecule has 3 N–H and O–H groups in total. The number of methoxy groups -OCH3 is 1. The molecule has 0 radical (unpaired) electrons. The van der Waals surface area contributed by atoms with E-state index in [1.165, 1.54) is 11.3 Å². The monoisotopic (exact) mass is 553 g/mol. The second-order valence-corrected chi connectivity index (χ2v) is 11.1. The Morgan fingerprint density at radius 3 is 2.00 bits per heavy atom. The van der Waals surface area contributed by atoms with E-state index >= 15 is 0 Å². The van der Waals surface area contributed by atoms with E-state index in [2.05, 4.69) is 36.7 Å². The van der Waals surface area contributed by atoms with Gasteiger partial charge >= 0.3 is 0 Å². The van der Waals surface area contributed by atoms with Gasteiger partial charge in [0, 0.05) is 27.4 Å². The van der Waals surface area contributed by atoms with Crippen LogP contribution < -0.4 is 20.7 Å². The average Bonchev–Trinajstić information content (AvgIpc) is 3.45. The van der Waals surface area contributed by atoms with Crippen molar-refractivity contribution >= 4 is 46.5 Å². The van der Waals surface area contributed by atoms with E-state index in [1.54, 1.807) is 73.8 Å². The number of amides is 3. The van der Waals surface area contributed by atoms with Crippen LogP contribution >= 0.6 is 11.3 Å². The predicted molar refractivity (Wildman–Crippen MR) is 161 cm³/mol. The highest BCUT2D eigenvalue weighted by Gasteiger charge is 2.17. The van der Waals surface area contributed by atoms with E-state index in [1.807, 2.05) is 29.6 Å². The molecule has 0 saturated carbocycles. The molecule has 1 heterocycles. The fraction of sp³-hybridized carbons (Fsp3) is 0.156. The third kappa shape index (κ3) is 7.45. The van der Waals surface area contributed by atoms with Crippen LogP contribution in [-0.2, 0) is 10.2 Å². The van der Waals surface area contributed by atoms with Crippen molar-refractivity contribution in [1.29, 1.82) is 0 Å². The van der Waals surface area contributed by atoms with E-state index < -0.39 is 11.8 Å². The van der Waals surface area contributed by atoms with Crippen molar-refractivity contribution in [3.8, 4) is 5.75 Å². The summed E-state index contributed by atoms with van der Waals surface area (Å²) in [5.41, 5.74) is 3.11. The van der Waals surface area contributed by atoms with Gasteiger partial charge in [-0.2, -0.15) is 0 Å². The van der Waals surface area contributed by atoms with E-state index in [4.69, 9.17) is 4.74 Å². The van der Waals surface area contributed by atoms with E-state index in [-0.39, 0.29) is 17.0 Å². The number of hydrogen-bond donors (Lipinski definition) is 3. The van der Waals surface area contributed by atoms with Gasteiger partial charge in [-0.3, -0.25) is 14.4 Å². The average molecular weight is 554 g/mol. The van der Waals surface area contributed by atoms with Gasteiger partial charge in [-0.05, 0) is 83.1 Å². The molecule has 0 spiro atoms. The number of anilines is 2. The molecule has 204 valence electrons. The second kappa shape index (κ2) is 12.4. The number of rotatable bonds is 8. The minimum absolute atomic E-state index is 0.00748. The smallest absolute Gasteiger partial charge is 0.272 e. The first-order valence-corrected chi connectivity index (χ1v) is 13.5. The summed E-state index contributed by atoms with van der Waals surface area (Å²) in [7, 11) is 1.55. The zero-order chi connectivity index (χ0) is 28.7. The first-order valence-electron chi connectivity index (χ1n) is 12.7. The summed E-state index contributed by atoms with van der Waals surface area (Å²) in [6.07, 6.45) is 1.62. The molecule has 4 rings (SSSR count). The fourth-order valence-electron chi connectivity index (χ4n) is 3.81. The van der Waals surface area contributed by atoms with Gasteiger partial charge in [0.05, 0.1) is 7.11 Å². The summed E-state index contributed by atoms with van der Waals surface area (Å²) < 4.78 is 5.15. The van der Waals surface area contributed by atoms with E-state index in [0.29, 0.717) is 28.3 Å². The Morgan fingerprint density at radius 2 is 1.40 bits per heavy atom. The van der Waals surface area contributed by atoms with Crippen LogP contribution in [0.15, 0.2) is 96.0 Å². The van der Waals surface area contributed by atoms with Crippen molar-refractivity contribution < 1.29 is 19.1 Å². The molecule has 7 nitrogen and oxygen atoms in total. The molecule has 8 heteroatoms. The van der Waals surface area contributed by atoms with Crippen molar-refractivity contribution in [2.24, 2.45) is 0 Å². The van der Waals surface area contributed by atoms with Gasteiger partial charge < -0.3 is 20.7 Å². The van der Waals surface area contributed by atoms with Gasteiger partial charge in [0.25, 0.3) is 17.7 Å². The molecule has 4 aromatic rings. The highest BCUT2D eigenvalue weighted by Crippen LogP contribution is 2.23. The van der Waals surface area contributed by atoms with Crippen LogP contribution in [0.3, 0.4) is 0 Å². The highest BCUT2D eigenvalue weighted by atomic mass is 32.1. The van der Waals surface area contributed by atoms with Crippen LogP contribution in [0.1, 0.15) is 51.9 Å². The molecule has 0 fully saturated rings. The lowest BCUT2D eigenvalue weighted by atomic mass is 9.87. The number of benzene rings is 3. The molecule has 3 amide bonds. The largest absolute Gasteiger partial charge is 0.497 e. The zero-order valence-corrected chi connectivity index (χ0v) is 23.6. The van der Waals surface area contributed by atoms with Crippen molar-refractivity contribution in [3.05, 3.63) is 118 Å². The Morgan fingerprint density at radius 1 is 0.775 bits per heavy atom. The van der Waals surface area contributed by atoms with Gasteiger partial charge in [-0.1, -0.05) is 45.0 Å². The molecule has 0 unspecified atom stereocenters. The summed E-state index contributed by atoms with van der Waals surface area (Å²) >= 11 is 1.44. The SMILES string of the molecule is COc1ccc(C(=O)N/C(=C\c2cccs2)C(=O)Nc2cccc(NC(=O)c3ccc(C(C)(C)C)cc3)c2)cc1. The molecule has 40 heavy (non-hydrogen) atoms. The fourth-order valence-corrected chi connectivity index (χ4v) is 4.47. The maximum Gasteiger partial charge on any atom is 0.272 e. The summed E-state index contributed by atoms with van der Waals surface area (Å²) in [6.45, 7) is 6.36. The van der Waals surface area contributed by atoms with Crippen LogP contribution in [0.25, 0.3) is 6.08 Å². The highest BCUT2D eigenvalue weighted by molar-refractivity contribution is 7.10. The van der Waals surface area contributed by atoms with E-state index in [9.17, 15) is 14.4 Å². The zero-order valence-electron chi connectivity index (χ0n) is 22.8. The lowest BCUT2D eigenvalue weighted by Crippen LogP contribution is -2.30. The van der Waals surface area contributed by atoms with Crippen molar-refractivity contribution in [2.45, 2.75) is 26.2 Å². The standard InChI is InChI=1S/C32H31N3O4S/c1-32(2,3)23-14-10-21(11-15-23)29(36)33-24-7-5-8-25(19-24)34-31(38)28(20-27-9-6-18-40-27)35-30(37)22-12-16-26(39-4)17-13-22/h5-20H,1-4H3,(H,33,36)(H,34,38)(H,35,37)/b28-20-. The minimum Gasteiger partial charge on any atom is -0.497 e. The van der Waals surface area contributed by atoms with Crippen LogP contribution in [0.5, 0.6) is 5.75 Å². The molecule has 0 aliphatic rings. The quantitative estimate of drug-likeness (QED) is 0.211. The predicted octanol–water partition coefficient (Wildman–Crippen LogP) is 6.72. The normalized spacial score (nSPS) is 11.4. The number of nitrogens with one attached hydrogen (secondary N) is 3. The topological polar surface area (TPSA) is 96.5 Å². The Labute approximate surface area is 237 Å². The van der Waals surface area contributed by atoms with Gasteiger partial charge in [0.1, 0.15) is 11.4 Å². The van der Waals surface area contributed by atoms with Crippen LogP contribution in [0, 0.1) is 0 Å². The molecule has 0 atom stereocenters. The first-order chi connectivity index (χ1) is 19.1. The Kier molecular flexibility index (Phi) is 8.81. The number of thiophene rings is 1. The number of hydrogen-bond acceptors (Lipinski definition) is 5. The molecule has 0 aliphatic carbocycles. The van der Waals surface area contributed by atoms with Crippen molar-refractivity contribution in [3.63, 3.8) is 0 Å². The first kappa shape index (κ1) is 28.3. The molecular formula is C32H31N3O4S. The summed E-state index contributed by atoms with van der Waals surface area (Å²) in [4.78, 5) is 39.8. The van der Waals surface area contributed by atoms with Gasteiger partial charge in [-0.15, -0.1) is 11.3 Å². The number of ether oxygens (including phenoxy) is 1. The van der Waals surface area contributed by atoms with Crippen molar-refractivity contribution in [1.82, 2.24) is 5.32 Å². The van der Waals surface area contributed by atoms with Crippen molar-refractivity contribution in [2.75, 3.05) is 17.7 Å². The molecule has 0 saturated heterocycles. The van der Waals surface area contributed by atoms with Gasteiger partial charge in [0.15, 0.2) is 0 Å². The third-order valence-electron chi connectivity index (χ3n) is 6.07. The maximum absolute atomic E-state index is 13.3. The second-order valence-electron chi connectivity index (χ2n) is 10.1. The lowest BCUT2D eigenvalue weighted by molar-refractivity contribution is -0.113. The molecule has 1 aromatic heterocycles. The summed E-state index contributed by atoms with van der Waals surface area (Å²) in [5, 5.41) is 10.3. The van der Waals surface area contributed by atoms with Gasteiger partial charge in [-0.25, -0.2) is 0 Å². The molecule has 0 aliphatic heterocycles. The van der Waals surface area contributed by atoms with E-state index in [0.717, 1.165) is 10.4 Å². The third-order valence-corrected chi connectivity index (χ3v) is 6.89. The number of carbonyl (C=O) groups is 3. The van der Waals surface area contributed by atoms with Gasteiger partial charge in [0.2, 0.25) is 0 Å². The Balaban J connectivity index is 1.48. The Bertz CT molecular complexity index is 1520.